The lowest BCUT2D eigenvalue weighted by atomic mass is 10.00. The average molecular weight is 341 g/mol. The maximum Gasteiger partial charge on any atom is 0.183 e. The van der Waals surface area contributed by atoms with Crippen molar-refractivity contribution in [1.82, 2.24) is 25.3 Å². The van der Waals surface area contributed by atoms with Crippen molar-refractivity contribution in [2.24, 2.45) is 5.92 Å². The monoisotopic (exact) mass is 341 g/mol. The van der Waals surface area contributed by atoms with E-state index in [2.05, 4.69) is 30.6 Å². The minimum Gasteiger partial charge on any atom is -0.397 e. The number of nitrogen functional groups attached to an aromatic ring is 1. The van der Waals surface area contributed by atoms with Crippen molar-refractivity contribution in [2.75, 3.05) is 30.7 Å². The number of rotatable bonds is 4. The van der Waals surface area contributed by atoms with Crippen LogP contribution in [-0.4, -0.2) is 39.6 Å². The first-order chi connectivity index (χ1) is 12.2. The van der Waals surface area contributed by atoms with Crippen LogP contribution in [0.25, 0.3) is 22.4 Å². The second kappa shape index (κ2) is 6.64. The van der Waals surface area contributed by atoms with E-state index < -0.39 is 5.82 Å². The van der Waals surface area contributed by atoms with Gasteiger partial charge in [0.05, 0.1) is 18.1 Å². The Morgan fingerprint density at radius 1 is 1.32 bits per heavy atom. The molecule has 1 aliphatic rings. The lowest BCUT2D eigenvalue weighted by Gasteiger charge is -2.23. The molecule has 0 spiro atoms. The van der Waals surface area contributed by atoms with Gasteiger partial charge in [-0.2, -0.15) is 0 Å². The quantitative estimate of drug-likeness (QED) is 0.580. The first kappa shape index (κ1) is 15.8. The molecule has 1 atom stereocenters. The van der Waals surface area contributed by atoms with Crippen molar-refractivity contribution in [3.63, 3.8) is 0 Å². The van der Waals surface area contributed by atoms with Crippen LogP contribution < -0.4 is 16.4 Å². The van der Waals surface area contributed by atoms with Gasteiger partial charge < -0.3 is 21.4 Å². The maximum absolute atomic E-state index is 14.1. The van der Waals surface area contributed by atoms with E-state index in [1.54, 1.807) is 12.4 Å². The van der Waals surface area contributed by atoms with Crippen molar-refractivity contribution < 1.29 is 4.39 Å². The molecule has 3 aromatic rings. The summed E-state index contributed by atoms with van der Waals surface area (Å²) in [6.45, 7) is 2.68. The summed E-state index contributed by atoms with van der Waals surface area (Å²) in [5, 5.41) is 7.30. The van der Waals surface area contributed by atoms with E-state index in [-0.39, 0.29) is 5.82 Å². The van der Waals surface area contributed by atoms with Crippen LogP contribution in [0.5, 0.6) is 0 Å². The van der Waals surface area contributed by atoms with Gasteiger partial charge in [0.1, 0.15) is 5.65 Å². The number of aromatic amines is 1. The highest BCUT2D eigenvalue weighted by Gasteiger charge is 2.16. The minimum absolute atomic E-state index is 0.224. The summed E-state index contributed by atoms with van der Waals surface area (Å²) >= 11 is 0. The van der Waals surface area contributed by atoms with Crippen molar-refractivity contribution in [2.45, 2.75) is 12.8 Å². The molecule has 1 fully saturated rings. The summed E-state index contributed by atoms with van der Waals surface area (Å²) in [5.74, 6) is 0.680. The number of nitrogens with zero attached hydrogens (tertiary/aromatic N) is 3. The summed E-state index contributed by atoms with van der Waals surface area (Å²) in [4.78, 5) is 15.8. The average Bonchev–Trinajstić information content (AvgIpc) is 3.05. The highest BCUT2D eigenvalue weighted by molar-refractivity contribution is 5.93. The molecule has 0 aliphatic carbocycles. The molecule has 5 N–H and O–H groups in total. The molecule has 0 bridgehead atoms. The third-order valence-corrected chi connectivity index (χ3v) is 4.49. The zero-order valence-electron chi connectivity index (χ0n) is 13.7. The van der Waals surface area contributed by atoms with Gasteiger partial charge in [-0.1, -0.05) is 0 Å². The Balaban J connectivity index is 1.60. The number of anilines is 2. The highest BCUT2D eigenvalue weighted by Crippen LogP contribution is 2.27. The molecule has 0 unspecified atom stereocenters. The fourth-order valence-corrected chi connectivity index (χ4v) is 3.16. The molecule has 0 radical (unpaired) electrons. The van der Waals surface area contributed by atoms with Crippen LogP contribution >= 0.6 is 0 Å². The van der Waals surface area contributed by atoms with Crippen LogP contribution in [0.15, 0.2) is 24.7 Å². The summed E-state index contributed by atoms with van der Waals surface area (Å²) in [6, 6.07) is 1.81. The van der Waals surface area contributed by atoms with Gasteiger partial charge in [0.25, 0.3) is 0 Å². The minimum atomic E-state index is -0.454. The first-order valence-electron chi connectivity index (χ1n) is 8.41. The molecule has 25 heavy (non-hydrogen) atoms. The SMILES string of the molecule is Nc1cnc2[nH]cc(-c3ncc(F)c(NC[C@H]4CCCNC4)n3)c2c1. The summed E-state index contributed by atoms with van der Waals surface area (Å²) in [5.41, 5.74) is 7.81. The molecule has 130 valence electrons. The van der Waals surface area contributed by atoms with Crippen molar-refractivity contribution in [3.05, 3.63) is 30.5 Å². The third kappa shape index (κ3) is 3.25. The number of pyridine rings is 1. The van der Waals surface area contributed by atoms with E-state index in [0.29, 0.717) is 29.6 Å². The Morgan fingerprint density at radius 3 is 3.08 bits per heavy atom. The Hall–Kier alpha value is -2.74. The molecule has 4 rings (SSSR count). The van der Waals surface area contributed by atoms with Gasteiger partial charge in [-0.25, -0.2) is 19.3 Å². The number of piperidine rings is 1. The molecule has 3 aromatic heterocycles. The van der Waals surface area contributed by atoms with Gasteiger partial charge in [-0.15, -0.1) is 0 Å². The zero-order valence-corrected chi connectivity index (χ0v) is 13.7. The third-order valence-electron chi connectivity index (χ3n) is 4.49. The second-order valence-electron chi connectivity index (χ2n) is 6.35. The molecule has 1 aliphatic heterocycles. The van der Waals surface area contributed by atoms with Gasteiger partial charge in [0, 0.05) is 23.7 Å². The lowest BCUT2D eigenvalue weighted by Crippen LogP contribution is -2.33. The molecular weight excluding hydrogens is 321 g/mol. The van der Waals surface area contributed by atoms with Crippen LogP contribution in [0.4, 0.5) is 15.9 Å². The number of halogens is 1. The molecule has 0 amide bonds. The summed E-state index contributed by atoms with van der Waals surface area (Å²) in [7, 11) is 0. The molecule has 7 nitrogen and oxygen atoms in total. The number of H-pyrrole nitrogens is 1. The van der Waals surface area contributed by atoms with Gasteiger partial charge in [0.2, 0.25) is 0 Å². The number of hydrogen-bond donors (Lipinski definition) is 4. The highest BCUT2D eigenvalue weighted by atomic mass is 19.1. The van der Waals surface area contributed by atoms with Crippen LogP contribution in [-0.2, 0) is 0 Å². The Labute approximate surface area is 144 Å². The van der Waals surface area contributed by atoms with Crippen LogP contribution in [0.2, 0.25) is 0 Å². The van der Waals surface area contributed by atoms with Crippen molar-refractivity contribution in [3.8, 4) is 11.4 Å². The van der Waals surface area contributed by atoms with E-state index in [1.807, 2.05) is 6.07 Å². The standard InChI is InChI=1S/C17H20FN7/c18-14-9-24-16(13-8-23-15-12(13)4-11(19)7-22-15)25-17(14)21-6-10-2-1-3-20-5-10/h4,7-10,20H,1-3,5-6,19H2,(H,22,23)(H,21,24,25)/t10-/m0/s1. The number of fused-ring (bicyclic) bond motifs is 1. The van der Waals surface area contributed by atoms with Crippen LogP contribution in [0.1, 0.15) is 12.8 Å². The smallest absolute Gasteiger partial charge is 0.183 e. The summed E-state index contributed by atoms with van der Waals surface area (Å²) in [6.07, 6.45) is 6.82. The number of nitrogens with two attached hydrogens (primary N) is 1. The van der Waals surface area contributed by atoms with Gasteiger partial charge >= 0.3 is 0 Å². The van der Waals surface area contributed by atoms with Crippen molar-refractivity contribution in [1.29, 1.82) is 0 Å². The number of aromatic nitrogens is 4. The first-order valence-corrected chi connectivity index (χ1v) is 8.41. The largest absolute Gasteiger partial charge is 0.397 e. The van der Waals surface area contributed by atoms with Gasteiger partial charge in [0.15, 0.2) is 17.5 Å². The molecule has 8 heteroatoms. The molecule has 1 saturated heterocycles. The predicted octanol–water partition coefficient (Wildman–Crippen LogP) is 2.15. The van der Waals surface area contributed by atoms with Crippen molar-refractivity contribution >= 4 is 22.5 Å². The number of nitrogens with one attached hydrogen (secondary N) is 3. The zero-order chi connectivity index (χ0) is 17.2. The fraction of sp³-hybridized carbons (Fsp3) is 0.353. The van der Waals surface area contributed by atoms with Gasteiger partial charge in [-0.05, 0) is 37.9 Å². The topological polar surface area (TPSA) is 105 Å². The Kier molecular flexibility index (Phi) is 4.19. The second-order valence-corrected chi connectivity index (χ2v) is 6.35. The maximum atomic E-state index is 14.1. The Bertz CT molecular complexity index is 886. The van der Waals surface area contributed by atoms with E-state index in [0.717, 1.165) is 36.9 Å². The van der Waals surface area contributed by atoms with E-state index >= 15 is 0 Å². The molecule has 4 heterocycles. The summed E-state index contributed by atoms with van der Waals surface area (Å²) < 4.78 is 14.1. The van der Waals surface area contributed by atoms with E-state index in [9.17, 15) is 4.39 Å². The lowest BCUT2D eigenvalue weighted by molar-refractivity contribution is 0.392. The molecule has 0 aromatic carbocycles. The van der Waals surface area contributed by atoms with Crippen LogP contribution in [0, 0.1) is 11.7 Å². The fourth-order valence-electron chi connectivity index (χ4n) is 3.16. The Morgan fingerprint density at radius 2 is 2.24 bits per heavy atom. The van der Waals surface area contributed by atoms with Crippen LogP contribution in [0.3, 0.4) is 0 Å². The van der Waals surface area contributed by atoms with E-state index in [4.69, 9.17) is 5.73 Å². The van der Waals surface area contributed by atoms with E-state index in [1.165, 1.54) is 6.20 Å². The number of hydrogen-bond acceptors (Lipinski definition) is 6. The predicted molar refractivity (Wildman–Crippen MR) is 95.6 cm³/mol. The van der Waals surface area contributed by atoms with Gasteiger partial charge in [-0.3, -0.25) is 0 Å². The molecular formula is C17H20FN7. The normalized spacial score (nSPS) is 17.7. The molecule has 0 saturated carbocycles.